The average molecular weight is 635 g/mol. The van der Waals surface area contributed by atoms with Crippen LogP contribution in [-0.4, -0.2) is 58.8 Å². The summed E-state index contributed by atoms with van der Waals surface area (Å²) in [5, 5.41) is 6.68. The molecule has 0 radical (unpaired) electrons. The second-order valence-electron chi connectivity index (χ2n) is 12.1. The largest absolute Gasteiger partial charge is 0.393 e. The highest BCUT2D eigenvalue weighted by Crippen LogP contribution is 2.55. The monoisotopic (exact) mass is 634 g/mol. The van der Waals surface area contributed by atoms with E-state index in [-0.39, 0.29) is 23.8 Å². The molecule has 1 saturated heterocycles. The van der Waals surface area contributed by atoms with Crippen molar-refractivity contribution in [2.75, 3.05) is 25.6 Å². The number of aldehydes is 1. The second kappa shape index (κ2) is 13.5. The minimum absolute atomic E-state index is 0.0101. The number of hydrogen-bond acceptors (Lipinski definition) is 5. The molecule has 1 spiro atoms. The highest BCUT2D eigenvalue weighted by atomic mass is 32.2. The normalized spacial score (nSPS) is 19.9. The van der Waals surface area contributed by atoms with Crippen LogP contribution in [0.2, 0.25) is 0 Å². The third kappa shape index (κ3) is 9.41. The standard InChI is InChI=1S/C19H17F4N3.C7H10OS.C2H3F3.C2H7N/c1-18(2)9-13(12-5-3-11(4-6-12)8-19(21,22)23)14-10-24-16-7-15(20)25-26(16)17(14)18;8-3-6-1-7(2-6)4-9-5-7;1-2(3,4)5;1-3-2/h3-7,10,13H,8-9H2,1-2H3;3,6H,1-2,4-5H2;1H3;3H,1-2H3. The van der Waals surface area contributed by atoms with E-state index >= 15 is 0 Å². The van der Waals surface area contributed by atoms with E-state index in [2.05, 4.69) is 29.2 Å². The summed E-state index contributed by atoms with van der Waals surface area (Å²) in [6, 6.07) is 7.81. The van der Waals surface area contributed by atoms with E-state index in [1.807, 2.05) is 25.9 Å². The van der Waals surface area contributed by atoms with Gasteiger partial charge in [-0.15, -0.1) is 5.10 Å². The Hall–Kier alpha value is -2.67. The molecule has 1 N–H and O–H groups in total. The van der Waals surface area contributed by atoms with Crippen molar-refractivity contribution in [3.63, 3.8) is 0 Å². The van der Waals surface area contributed by atoms with E-state index in [1.54, 1.807) is 22.8 Å². The fourth-order valence-corrected chi connectivity index (χ4v) is 6.99. The summed E-state index contributed by atoms with van der Waals surface area (Å²) in [6.07, 6.45) is -3.18. The number of halogens is 7. The van der Waals surface area contributed by atoms with Gasteiger partial charge in [-0.25, -0.2) is 9.50 Å². The van der Waals surface area contributed by atoms with Crippen molar-refractivity contribution in [2.45, 2.75) is 70.1 Å². The molecule has 2 aliphatic carbocycles. The molecule has 1 unspecified atom stereocenters. The van der Waals surface area contributed by atoms with E-state index in [4.69, 9.17) is 0 Å². The van der Waals surface area contributed by atoms with Gasteiger partial charge >= 0.3 is 12.4 Å². The first-order valence-corrected chi connectivity index (χ1v) is 14.9. The Morgan fingerprint density at radius 2 is 1.60 bits per heavy atom. The molecule has 3 aromatic rings. The molecule has 1 saturated carbocycles. The molecule has 238 valence electrons. The summed E-state index contributed by atoms with van der Waals surface area (Å²) < 4.78 is 83.8. The number of aromatic nitrogens is 3. The molecule has 6 rings (SSSR count). The first kappa shape index (κ1) is 34.8. The summed E-state index contributed by atoms with van der Waals surface area (Å²) in [4.78, 5) is 14.5. The summed E-state index contributed by atoms with van der Waals surface area (Å²) in [5.41, 5.74) is 3.85. The lowest BCUT2D eigenvalue weighted by atomic mass is 9.64. The maximum Gasteiger partial charge on any atom is 0.393 e. The van der Waals surface area contributed by atoms with Crippen molar-refractivity contribution in [1.82, 2.24) is 19.9 Å². The average Bonchev–Trinajstić information content (AvgIpc) is 3.32. The van der Waals surface area contributed by atoms with Gasteiger partial charge in [0.05, 0.1) is 12.1 Å². The molecule has 5 nitrogen and oxygen atoms in total. The van der Waals surface area contributed by atoms with E-state index in [0.717, 1.165) is 29.5 Å². The summed E-state index contributed by atoms with van der Waals surface area (Å²) in [5.74, 6) is 2.46. The van der Waals surface area contributed by atoms with Gasteiger partial charge in [-0.2, -0.15) is 42.5 Å². The number of carbonyl (C=O) groups excluding carboxylic acids is 1. The van der Waals surface area contributed by atoms with Crippen LogP contribution < -0.4 is 5.32 Å². The van der Waals surface area contributed by atoms with E-state index < -0.39 is 24.7 Å². The van der Waals surface area contributed by atoms with Crippen molar-refractivity contribution >= 4 is 23.7 Å². The molecule has 1 aromatic carbocycles. The minimum Gasteiger partial charge on any atom is -0.323 e. The first-order chi connectivity index (χ1) is 19.9. The Kier molecular flexibility index (Phi) is 11.0. The molecule has 13 heteroatoms. The maximum absolute atomic E-state index is 13.6. The highest BCUT2D eigenvalue weighted by Gasteiger charge is 2.48. The third-order valence-electron chi connectivity index (χ3n) is 7.40. The number of alkyl halides is 6. The first-order valence-electron chi connectivity index (χ1n) is 13.8. The van der Waals surface area contributed by atoms with Crippen LogP contribution in [0.4, 0.5) is 30.7 Å². The number of nitrogens with one attached hydrogen (secondary N) is 1. The predicted molar refractivity (Wildman–Crippen MR) is 154 cm³/mol. The van der Waals surface area contributed by atoms with Crippen molar-refractivity contribution < 1.29 is 35.5 Å². The van der Waals surface area contributed by atoms with Gasteiger partial charge in [-0.05, 0) is 61.4 Å². The number of benzene rings is 1. The number of hydrogen-bond donors (Lipinski definition) is 1. The Morgan fingerprint density at radius 1 is 1.05 bits per heavy atom. The zero-order chi connectivity index (χ0) is 32.2. The number of rotatable bonds is 3. The smallest absolute Gasteiger partial charge is 0.323 e. The quantitative estimate of drug-likeness (QED) is 0.239. The van der Waals surface area contributed by atoms with Crippen LogP contribution >= 0.6 is 11.8 Å². The summed E-state index contributed by atoms with van der Waals surface area (Å²) in [6.45, 7) is 4.30. The Balaban J connectivity index is 0.000000242. The van der Waals surface area contributed by atoms with Gasteiger partial charge < -0.3 is 10.1 Å². The molecule has 0 bridgehead atoms. The van der Waals surface area contributed by atoms with Crippen LogP contribution in [0.15, 0.2) is 36.5 Å². The molecule has 43 heavy (non-hydrogen) atoms. The number of fused-ring (bicyclic) bond motifs is 3. The molecular formula is C30H37F7N4OS. The zero-order valence-electron chi connectivity index (χ0n) is 24.7. The van der Waals surface area contributed by atoms with Crippen molar-refractivity contribution in [3.8, 4) is 0 Å². The number of thioether (sulfide) groups is 1. The van der Waals surface area contributed by atoms with Gasteiger partial charge in [0.15, 0.2) is 5.65 Å². The van der Waals surface area contributed by atoms with Crippen LogP contribution in [0.3, 0.4) is 0 Å². The van der Waals surface area contributed by atoms with Gasteiger partial charge in [-0.1, -0.05) is 38.1 Å². The Morgan fingerprint density at radius 3 is 2.07 bits per heavy atom. The molecule has 1 aliphatic heterocycles. The Labute approximate surface area is 251 Å². The Bertz CT molecular complexity index is 1350. The van der Waals surface area contributed by atoms with Gasteiger partial charge in [0.25, 0.3) is 0 Å². The van der Waals surface area contributed by atoms with Crippen LogP contribution in [-0.2, 0) is 16.6 Å². The molecule has 2 fully saturated rings. The lowest BCUT2D eigenvalue weighted by Gasteiger charge is -2.51. The fourth-order valence-electron chi connectivity index (χ4n) is 5.74. The highest BCUT2D eigenvalue weighted by molar-refractivity contribution is 8.00. The van der Waals surface area contributed by atoms with Gasteiger partial charge in [0, 0.05) is 42.0 Å². The van der Waals surface area contributed by atoms with E-state index in [9.17, 15) is 35.5 Å². The topological polar surface area (TPSA) is 59.3 Å². The summed E-state index contributed by atoms with van der Waals surface area (Å²) >= 11 is 2.02. The lowest BCUT2D eigenvalue weighted by molar-refractivity contribution is -0.127. The fraction of sp³-hybridized carbons (Fsp3) is 0.567. The zero-order valence-corrected chi connectivity index (χ0v) is 25.6. The van der Waals surface area contributed by atoms with Crippen molar-refractivity contribution in [1.29, 1.82) is 0 Å². The van der Waals surface area contributed by atoms with Gasteiger partial charge in [0.2, 0.25) is 5.95 Å². The molecule has 2 aromatic heterocycles. The van der Waals surface area contributed by atoms with Gasteiger partial charge in [0.1, 0.15) is 6.29 Å². The maximum atomic E-state index is 13.6. The molecular weight excluding hydrogens is 597 g/mol. The predicted octanol–water partition coefficient (Wildman–Crippen LogP) is 7.52. The van der Waals surface area contributed by atoms with Crippen LogP contribution in [0.25, 0.3) is 5.65 Å². The van der Waals surface area contributed by atoms with Crippen LogP contribution in [0, 0.1) is 17.3 Å². The van der Waals surface area contributed by atoms with E-state index in [1.165, 1.54) is 42.5 Å². The summed E-state index contributed by atoms with van der Waals surface area (Å²) in [7, 11) is 3.75. The van der Waals surface area contributed by atoms with Crippen molar-refractivity contribution in [2.24, 2.45) is 11.3 Å². The number of nitrogens with zero attached hydrogens (tertiary/aromatic N) is 3. The van der Waals surface area contributed by atoms with E-state index in [0.29, 0.717) is 17.0 Å². The SMILES string of the molecule is CC(F)(F)F.CC1(C)CC(c2ccc(CC(F)(F)F)cc2)c2cnc3cc(F)nn3c21.CNC.O=CC1CC2(CSC2)C1. The minimum atomic E-state index is -4.22. The molecule has 0 amide bonds. The van der Waals surface area contributed by atoms with Crippen LogP contribution in [0.1, 0.15) is 68.3 Å². The second-order valence-corrected chi connectivity index (χ2v) is 13.0. The third-order valence-corrected chi connectivity index (χ3v) is 9.03. The lowest BCUT2D eigenvalue weighted by Crippen LogP contribution is -2.47. The van der Waals surface area contributed by atoms with Gasteiger partial charge in [-0.3, -0.25) is 0 Å². The number of carbonyl (C=O) groups is 1. The van der Waals surface area contributed by atoms with Crippen LogP contribution in [0.5, 0.6) is 0 Å². The molecule has 3 aliphatic rings. The molecule has 3 heterocycles. The van der Waals surface area contributed by atoms with Crippen molar-refractivity contribution in [3.05, 3.63) is 64.9 Å². The molecule has 1 atom stereocenters.